The molecule has 6 nitrogen and oxygen atoms in total. The predicted octanol–water partition coefficient (Wildman–Crippen LogP) is 5.19. The van der Waals surface area contributed by atoms with Crippen molar-refractivity contribution in [2.24, 2.45) is 0 Å². The summed E-state index contributed by atoms with van der Waals surface area (Å²) in [6.07, 6.45) is 3.34. The van der Waals surface area contributed by atoms with E-state index in [1.807, 2.05) is 31.0 Å². The van der Waals surface area contributed by atoms with E-state index in [0.29, 0.717) is 32.9 Å². The predicted molar refractivity (Wildman–Crippen MR) is 114 cm³/mol. The van der Waals surface area contributed by atoms with E-state index < -0.39 is 0 Å². The maximum atomic E-state index is 13.0. The first-order valence-corrected chi connectivity index (χ1v) is 10.4. The first kappa shape index (κ1) is 20.0. The van der Waals surface area contributed by atoms with Crippen LogP contribution in [0.3, 0.4) is 0 Å². The average molecular weight is 433 g/mol. The van der Waals surface area contributed by atoms with E-state index in [9.17, 15) is 4.79 Å². The van der Waals surface area contributed by atoms with Gasteiger partial charge in [0.15, 0.2) is 11.5 Å². The van der Waals surface area contributed by atoms with Crippen LogP contribution in [0.1, 0.15) is 41.1 Å². The highest BCUT2D eigenvalue weighted by Gasteiger charge is 2.26. The molecule has 2 aromatic heterocycles. The molecule has 1 N–H and O–H groups in total. The topological polar surface area (TPSA) is 63.3 Å². The Morgan fingerprint density at radius 1 is 1.10 bits per heavy atom. The fraction of sp³-hybridized carbons (Fsp3) is 0.333. The second kappa shape index (κ2) is 8.22. The van der Waals surface area contributed by atoms with Crippen LogP contribution in [0.5, 0.6) is 0 Å². The van der Waals surface area contributed by atoms with Crippen LogP contribution in [0.2, 0.25) is 10.0 Å². The lowest BCUT2D eigenvalue weighted by Gasteiger charge is -2.26. The second-order valence-corrected chi connectivity index (χ2v) is 8.07. The Kier molecular flexibility index (Phi) is 5.67. The molecule has 1 fully saturated rings. The molecule has 0 unspecified atom stereocenters. The van der Waals surface area contributed by atoms with Gasteiger partial charge in [-0.2, -0.15) is 5.10 Å². The van der Waals surface area contributed by atoms with Gasteiger partial charge in [-0.3, -0.25) is 10.2 Å². The minimum Gasteiger partial charge on any atom is -0.460 e. The third kappa shape index (κ3) is 4.06. The average Bonchev–Trinajstić information content (AvgIpc) is 3.25. The molecule has 0 aliphatic carbocycles. The van der Waals surface area contributed by atoms with Gasteiger partial charge in [-0.1, -0.05) is 29.6 Å². The Morgan fingerprint density at radius 2 is 1.86 bits per heavy atom. The van der Waals surface area contributed by atoms with Crippen molar-refractivity contribution < 1.29 is 9.21 Å². The summed E-state index contributed by atoms with van der Waals surface area (Å²) in [6, 6.07) is 8.92. The lowest BCUT2D eigenvalue weighted by molar-refractivity contribution is 0.0743. The van der Waals surface area contributed by atoms with Crippen LogP contribution in [0, 0.1) is 13.8 Å². The van der Waals surface area contributed by atoms with Crippen molar-refractivity contribution in [1.29, 1.82) is 0 Å². The van der Waals surface area contributed by atoms with Gasteiger partial charge in [0.05, 0.1) is 10.7 Å². The molecule has 0 spiro atoms. The summed E-state index contributed by atoms with van der Waals surface area (Å²) in [6.45, 7) is 5.43. The van der Waals surface area contributed by atoms with E-state index >= 15 is 0 Å². The van der Waals surface area contributed by atoms with Gasteiger partial charge in [0.2, 0.25) is 0 Å². The molecule has 0 saturated carbocycles. The Bertz CT molecular complexity index is 1050. The zero-order chi connectivity index (χ0) is 20.5. The Hall–Kier alpha value is -2.28. The van der Waals surface area contributed by atoms with Crippen LogP contribution >= 0.6 is 23.2 Å². The van der Waals surface area contributed by atoms with E-state index in [4.69, 9.17) is 27.6 Å². The minimum absolute atomic E-state index is 0.238. The smallest absolute Gasteiger partial charge is 0.286 e. The van der Waals surface area contributed by atoms with Gasteiger partial charge < -0.3 is 4.42 Å². The molecule has 1 aliphatic rings. The van der Waals surface area contributed by atoms with Crippen molar-refractivity contribution in [3.05, 3.63) is 57.4 Å². The van der Waals surface area contributed by atoms with Gasteiger partial charge in [0, 0.05) is 23.7 Å². The van der Waals surface area contributed by atoms with E-state index in [0.717, 1.165) is 37.3 Å². The molecular formula is C21H22Cl2N4O2. The molecule has 3 heterocycles. The molecule has 4 rings (SSSR count). The number of nitrogens with one attached hydrogen (secondary N) is 1. The number of aromatic nitrogens is 2. The summed E-state index contributed by atoms with van der Waals surface area (Å²) < 4.78 is 7.50. The van der Waals surface area contributed by atoms with Crippen LogP contribution in [0.25, 0.3) is 17.1 Å². The second-order valence-electron chi connectivity index (χ2n) is 7.23. The normalized spacial score (nSPS) is 14.9. The fourth-order valence-electron chi connectivity index (χ4n) is 3.59. The highest BCUT2D eigenvalue weighted by molar-refractivity contribution is 6.35. The molecule has 8 heteroatoms. The number of halogens is 2. The summed E-state index contributed by atoms with van der Waals surface area (Å²) in [5.74, 6) is 1.15. The van der Waals surface area contributed by atoms with Crippen molar-refractivity contribution in [3.8, 4) is 17.1 Å². The molecule has 1 saturated heterocycles. The van der Waals surface area contributed by atoms with Crippen LogP contribution in [-0.4, -0.2) is 33.8 Å². The summed E-state index contributed by atoms with van der Waals surface area (Å²) >= 11 is 12.5. The van der Waals surface area contributed by atoms with Crippen LogP contribution in [0.4, 0.5) is 0 Å². The molecular weight excluding hydrogens is 411 g/mol. The van der Waals surface area contributed by atoms with Gasteiger partial charge in [0.1, 0.15) is 11.5 Å². The maximum absolute atomic E-state index is 13.0. The number of piperidine rings is 1. The summed E-state index contributed by atoms with van der Waals surface area (Å²) in [5, 5.41) is 7.53. The zero-order valence-electron chi connectivity index (χ0n) is 16.3. The first-order valence-electron chi connectivity index (χ1n) is 9.62. The molecule has 0 radical (unpaired) electrons. The van der Waals surface area contributed by atoms with Crippen LogP contribution < -0.4 is 5.43 Å². The third-order valence-electron chi connectivity index (χ3n) is 5.06. The lowest BCUT2D eigenvalue weighted by Crippen LogP contribution is -2.45. The molecule has 152 valence electrons. The fourth-order valence-corrected chi connectivity index (χ4v) is 4.08. The monoisotopic (exact) mass is 432 g/mol. The van der Waals surface area contributed by atoms with Gasteiger partial charge in [-0.15, -0.1) is 0 Å². The summed E-state index contributed by atoms with van der Waals surface area (Å²) in [5.41, 5.74) is 5.35. The van der Waals surface area contributed by atoms with E-state index in [2.05, 4.69) is 10.5 Å². The van der Waals surface area contributed by atoms with Crippen LogP contribution in [-0.2, 0) is 0 Å². The number of carbonyl (C=O) groups is 1. The highest BCUT2D eigenvalue weighted by Crippen LogP contribution is 2.33. The Labute approximate surface area is 179 Å². The molecule has 1 aliphatic heterocycles. The molecule has 0 atom stereocenters. The number of rotatable bonds is 4. The minimum atomic E-state index is -0.238. The number of hydrogen-bond donors (Lipinski definition) is 1. The number of hydrogen-bond acceptors (Lipinski definition) is 4. The number of furan rings is 1. The Morgan fingerprint density at radius 3 is 2.52 bits per heavy atom. The van der Waals surface area contributed by atoms with Crippen molar-refractivity contribution in [2.75, 3.05) is 13.1 Å². The molecule has 1 amide bonds. The van der Waals surface area contributed by atoms with Gasteiger partial charge in [0.25, 0.3) is 5.91 Å². The molecule has 0 bridgehead atoms. The number of amides is 1. The summed E-state index contributed by atoms with van der Waals surface area (Å²) in [4.78, 5) is 13.0. The Balaban J connectivity index is 1.79. The maximum Gasteiger partial charge on any atom is 0.286 e. The molecule has 3 aromatic rings. The number of aryl methyl sites for hydroxylation is 1. The van der Waals surface area contributed by atoms with Crippen molar-refractivity contribution in [1.82, 2.24) is 20.2 Å². The van der Waals surface area contributed by atoms with Crippen LogP contribution in [0.15, 0.2) is 34.7 Å². The number of nitrogens with zero attached hydrogens (tertiary/aromatic N) is 3. The van der Waals surface area contributed by atoms with E-state index in [1.54, 1.807) is 22.9 Å². The molecule has 1 aromatic carbocycles. The number of carbonyl (C=O) groups excluding carboxylic acids is 1. The SMILES string of the molecule is Cc1ccc(-c2c(C)c(C(=O)NN3CCCCC3)nn2-c2ccc(Cl)cc2Cl)o1. The highest BCUT2D eigenvalue weighted by atomic mass is 35.5. The number of hydrazine groups is 1. The third-order valence-corrected chi connectivity index (χ3v) is 5.60. The number of benzene rings is 1. The van der Waals surface area contributed by atoms with Gasteiger partial charge in [-0.05, 0) is 57.0 Å². The molecule has 29 heavy (non-hydrogen) atoms. The summed E-state index contributed by atoms with van der Waals surface area (Å²) in [7, 11) is 0. The lowest BCUT2D eigenvalue weighted by atomic mass is 10.1. The van der Waals surface area contributed by atoms with E-state index in [1.165, 1.54) is 6.42 Å². The van der Waals surface area contributed by atoms with Crippen molar-refractivity contribution in [2.45, 2.75) is 33.1 Å². The van der Waals surface area contributed by atoms with Crippen molar-refractivity contribution >= 4 is 29.1 Å². The van der Waals surface area contributed by atoms with Gasteiger partial charge >= 0.3 is 0 Å². The first-order chi connectivity index (χ1) is 13.9. The van der Waals surface area contributed by atoms with E-state index in [-0.39, 0.29) is 5.91 Å². The largest absolute Gasteiger partial charge is 0.460 e. The zero-order valence-corrected chi connectivity index (χ0v) is 17.8. The quantitative estimate of drug-likeness (QED) is 0.616. The standard InChI is InChI=1S/C21H22Cl2N4O2/c1-13-6-9-18(29-13)20-14(2)19(21(28)25-26-10-4-3-5-11-26)24-27(20)17-8-7-15(22)12-16(17)23/h6-9,12H,3-5,10-11H2,1-2H3,(H,25,28). The van der Waals surface area contributed by atoms with Crippen molar-refractivity contribution in [3.63, 3.8) is 0 Å². The van der Waals surface area contributed by atoms with Gasteiger partial charge in [-0.25, -0.2) is 9.69 Å².